The van der Waals surface area contributed by atoms with Gasteiger partial charge in [0.2, 0.25) is 5.88 Å². The molecule has 0 aliphatic rings. The number of pyridine rings is 2. The molecule has 0 spiro atoms. The Hall–Kier alpha value is -3.32. The van der Waals surface area contributed by atoms with E-state index in [0.717, 1.165) is 22.3 Å². The Balaban J connectivity index is 1.56. The minimum absolute atomic E-state index is 0.499. The second-order valence-electron chi connectivity index (χ2n) is 5.68. The average molecular weight is 329 g/mol. The van der Waals surface area contributed by atoms with E-state index < -0.39 is 0 Å². The van der Waals surface area contributed by atoms with Crippen molar-refractivity contribution in [1.82, 2.24) is 9.97 Å². The zero-order valence-electron chi connectivity index (χ0n) is 14.1. The molecule has 1 aromatic carbocycles. The molecule has 3 aromatic rings. The highest BCUT2D eigenvalue weighted by Crippen LogP contribution is 2.10. The number of nitrogens with two attached hydrogens (primary N) is 1. The Morgan fingerprint density at radius 3 is 2.56 bits per heavy atom. The van der Waals surface area contributed by atoms with Crippen molar-refractivity contribution >= 4 is 5.82 Å². The standard InChI is InChI=1S/C21H19N3O/c1-16-13-19(14-24-21(16)22)6-4-5-17-8-10-18(11-9-17)15-25-20-7-2-3-12-23-20/h2-3,7-14H,5,15H2,1H3,(H2,22,24). The Morgan fingerprint density at radius 2 is 1.84 bits per heavy atom. The molecular weight excluding hydrogens is 310 g/mol. The van der Waals surface area contributed by atoms with E-state index in [1.54, 1.807) is 12.4 Å². The molecule has 0 bridgehead atoms. The fourth-order valence-electron chi connectivity index (χ4n) is 2.25. The molecule has 2 aromatic heterocycles. The van der Waals surface area contributed by atoms with Crippen molar-refractivity contribution in [2.24, 2.45) is 0 Å². The highest BCUT2D eigenvalue weighted by molar-refractivity contribution is 5.45. The Morgan fingerprint density at radius 1 is 1.04 bits per heavy atom. The highest BCUT2D eigenvalue weighted by Gasteiger charge is 1.98. The normalized spacial score (nSPS) is 9.96. The Kier molecular flexibility index (Phi) is 5.28. The van der Waals surface area contributed by atoms with Gasteiger partial charge in [0.25, 0.3) is 0 Å². The van der Waals surface area contributed by atoms with Crippen LogP contribution in [0.3, 0.4) is 0 Å². The summed E-state index contributed by atoms with van der Waals surface area (Å²) in [6, 6.07) is 15.8. The summed E-state index contributed by atoms with van der Waals surface area (Å²) in [5, 5.41) is 0. The fraction of sp³-hybridized carbons (Fsp3) is 0.143. The number of anilines is 1. The van der Waals surface area contributed by atoms with Gasteiger partial charge in [-0.05, 0) is 35.7 Å². The lowest BCUT2D eigenvalue weighted by Crippen LogP contribution is -1.97. The molecule has 0 amide bonds. The number of aromatic nitrogens is 2. The lowest BCUT2D eigenvalue weighted by atomic mass is 10.1. The molecule has 2 heterocycles. The Bertz CT molecular complexity index is 894. The zero-order valence-corrected chi connectivity index (χ0v) is 14.1. The maximum atomic E-state index is 5.71. The van der Waals surface area contributed by atoms with Crippen LogP contribution in [0.1, 0.15) is 22.3 Å². The number of rotatable bonds is 4. The van der Waals surface area contributed by atoms with Crippen molar-refractivity contribution in [3.8, 4) is 17.7 Å². The van der Waals surface area contributed by atoms with E-state index >= 15 is 0 Å². The van der Waals surface area contributed by atoms with Crippen LogP contribution >= 0.6 is 0 Å². The van der Waals surface area contributed by atoms with E-state index in [1.165, 1.54) is 0 Å². The summed E-state index contributed by atoms with van der Waals surface area (Å²) >= 11 is 0. The van der Waals surface area contributed by atoms with Crippen LogP contribution in [-0.2, 0) is 13.0 Å². The predicted molar refractivity (Wildman–Crippen MR) is 99.0 cm³/mol. The molecule has 0 unspecified atom stereocenters. The molecule has 0 atom stereocenters. The van der Waals surface area contributed by atoms with E-state index in [4.69, 9.17) is 10.5 Å². The third kappa shape index (κ3) is 4.82. The third-order valence-electron chi connectivity index (χ3n) is 3.69. The molecule has 3 rings (SSSR count). The highest BCUT2D eigenvalue weighted by atomic mass is 16.5. The molecule has 0 aliphatic carbocycles. The second-order valence-corrected chi connectivity index (χ2v) is 5.68. The summed E-state index contributed by atoms with van der Waals surface area (Å²) in [5.41, 5.74) is 9.80. The summed E-state index contributed by atoms with van der Waals surface area (Å²) in [6.45, 7) is 2.43. The van der Waals surface area contributed by atoms with Crippen LogP contribution in [0.4, 0.5) is 5.82 Å². The minimum Gasteiger partial charge on any atom is -0.473 e. The van der Waals surface area contributed by atoms with Crippen molar-refractivity contribution in [1.29, 1.82) is 0 Å². The smallest absolute Gasteiger partial charge is 0.213 e. The lowest BCUT2D eigenvalue weighted by Gasteiger charge is -2.05. The maximum Gasteiger partial charge on any atom is 0.213 e. The van der Waals surface area contributed by atoms with Gasteiger partial charge < -0.3 is 10.5 Å². The van der Waals surface area contributed by atoms with E-state index in [1.807, 2.05) is 31.2 Å². The van der Waals surface area contributed by atoms with Crippen molar-refractivity contribution in [2.75, 3.05) is 5.73 Å². The number of nitrogens with zero attached hydrogens (tertiary/aromatic N) is 2. The summed E-state index contributed by atoms with van der Waals surface area (Å²) in [4.78, 5) is 8.26. The molecule has 25 heavy (non-hydrogen) atoms. The van der Waals surface area contributed by atoms with E-state index in [0.29, 0.717) is 24.7 Å². The molecule has 0 saturated heterocycles. The van der Waals surface area contributed by atoms with Crippen molar-refractivity contribution in [3.63, 3.8) is 0 Å². The van der Waals surface area contributed by atoms with Gasteiger partial charge in [-0.25, -0.2) is 9.97 Å². The zero-order chi connectivity index (χ0) is 17.5. The molecule has 2 N–H and O–H groups in total. The van der Waals surface area contributed by atoms with Crippen molar-refractivity contribution in [3.05, 3.63) is 83.2 Å². The number of ether oxygens (including phenoxy) is 1. The first-order valence-electron chi connectivity index (χ1n) is 8.03. The number of hydrogen-bond donors (Lipinski definition) is 1. The summed E-state index contributed by atoms with van der Waals surface area (Å²) < 4.78 is 5.64. The summed E-state index contributed by atoms with van der Waals surface area (Å²) in [7, 11) is 0. The van der Waals surface area contributed by atoms with Gasteiger partial charge in [0.1, 0.15) is 12.4 Å². The quantitative estimate of drug-likeness (QED) is 0.744. The molecule has 0 saturated carbocycles. The van der Waals surface area contributed by atoms with Gasteiger partial charge in [-0.15, -0.1) is 0 Å². The third-order valence-corrected chi connectivity index (χ3v) is 3.69. The molecule has 0 aliphatic heterocycles. The van der Waals surface area contributed by atoms with Crippen molar-refractivity contribution < 1.29 is 4.74 Å². The summed E-state index contributed by atoms with van der Waals surface area (Å²) in [6.07, 6.45) is 4.10. The summed E-state index contributed by atoms with van der Waals surface area (Å²) in [5.74, 6) is 7.47. The van der Waals surface area contributed by atoms with Gasteiger partial charge in [-0.3, -0.25) is 0 Å². The molecular formula is C21H19N3O. The molecule has 0 radical (unpaired) electrons. The Labute approximate surface area is 147 Å². The van der Waals surface area contributed by atoms with Gasteiger partial charge in [0.05, 0.1) is 0 Å². The average Bonchev–Trinajstić information content (AvgIpc) is 2.65. The molecule has 4 nitrogen and oxygen atoms in total. The van der Waals surface area contributed by atoms with Crippen LogP contribution in [0.2, 0.25) is 0 Å². The van der Waals surface area contributed by atoms with Crippen LogP contribution in [-0.4, -0.2) is 9.97 Å². The fourth-order valence-corrected chi connectivity index (χ4v) is 2.25. The van der Waals surface area contributed by atoms with Crippen LogP contribution < -0.4 is 10.5 Å². The number of aryl methyl sites for hydroxylation is 1. The van der Waals surface area contributed by atoms with Gasteiger partial charge >= 0.3 is 0 Å². The number of benzene rings is 1. The van der Waals surface area contributed by atoms with Crippen molar-refractivity contribution in [2.45, 2.75) is 20.0 Å². The van der Waals surface area contributed by atoms with E-state index in [9.17, 15) is 0 Å². The largest absolute Gasteiger partial charge is 0.473 e. The number of hydrogen-bond acceptors (Lipinski definition) is 4. The van der Waals surface area contributed by atoms with Crippen LogP contribution in [0.15, 0.2) is 60.9 Å². The molecule has 124 valence electrons. The topological polar surface area (TPSA) is 61.0 Å². The molecule has 0 fully saturated rings. The SMILES string of the molecule is Cc1cc(C#CCc2ccc(COc3ccccn3)cc2)cnc1N. The van der Waals surface area contributed by atoms with Gasteiger partial charge in [0.15, 0.2) is 0 Å². The first-order valence-corrected chi connectivity index (χ1v) is 8.03. The minimum atomic E-state index is 0.499. The number of nitrogen functional groups attached to an aromatic ring is 1. The van der Waals surface area contributed by atoms with Gasteiger partial charge in [-0.2, -0.15) is 0 Å². The van der Waals surface area contributed by atoms with Gasteiger partial charge in [-0.1, -0.05) is 42.2 Å². The molecule has 4 heteroatoms. The lowest BCUT2D eigenvalue weighted by molar-refractivity contribution is 0.294. The monoisotopic (exact) mass is 329 g/mol. The van der Waals surface area contributed by atoms with Crippen LogP contribution in [0, 0.1) is 18.8 Å². The van der Waals surface area contributed by atoms with Crippen LogP contribution in [0.5, 0.6) is 5.88 Å². The van der Waals surface area contributed by atoms with E-state index in [2.05, 4.69) is 46.1 Å². The predicted octanol–water partition coefficient (Wildman–Crippen LogP) is 3.54. The first kappa shape index (κ1) is 16.5. The van der Waals surface area contributed by atoms with Gasteiger partial charge in [0, 0.05) is 30.4 Å². The second kappa shape index (κ2) is 7.98. The van der Waals surface area contributed by atoms with E-state index in [-0.39, 0.29) is 0 Å². The maximum absolute atomic E-state index is 5.71. The first-order chi connectivity index (χ1) is 12.2. The van der Waals surface area contributed by atoms with Crippen LogP contribution in [0.25, 0.3) is 0 Å².